The first kappa shape index (κ1) is 20.6. The van der Waals surface area contributed by atoms with E-state index in [-0.39, 0.29) is 16.9 Å². The number of likely N-dealkylation sites (tertiary alicyclic amines) is 1. The minimum atomic E-state index is -3.65. The zero-order valence-corrected chi connectivity index (χ0v) is 16.6. The van der Waals surface area contributed by atoms with Gasteiger partial charge in [0.2, 0.25) is 10.0 Å². The summed E-state index contributed by atoms with van der Waals surface area (Å²) in [4.78, 5) is 13.8. The SMILES string of the molecule is CN(CC1CCN(C(=O)OC(C)(C)C)CC1)S(=O)(=O)c1ccc(F)cc1. The van der Waals surface area contributed by atoms with Gasteiger partial charge in [-0.05, 0) is 63.8 Å². The summed E-state index contributed by atoms with van der Waals surface area (Å²) in [6.07, 6.45) is 1.09. The topological polar surface area (TPSA) is 66.9 Å². The van der Waals surface area contributed by atoms with Gasteiger partial charge in [0.1, 0.15) is 11.4 Å². The molecule has 0 aromatic heterocycles. The lowest BCUT2D eigenvalue weighted by molar-refractivity contribution is 0.0179. The number of carbonyl (C=O) groups excluding carboxylic acids is 1. The van der Waals surface area contributed by atoms with Gasteiger partial charge in [-0.3, -0.25) is 0 Å². The Morgan fingerprint density at radius 2 is 1.77 bits per heavy atom. The van der Waals surface area contributed by atoms with Crippen LogP contribution in [0.25, 0.3) is 0 Å². The lowest BCUT2D eigenvalue weighted by Crippen LogP contribution is -2.44. The van der Waals surface area contributed by atoms with Crippen LogP contribution in [0.5, 0.6) is 0 Å². The summed E-state index contributed by atoms with van der Waals surface area (Å²) < 4.78 is 44.8. The van der Waals surface area contributed by atoms with Gasteiger partial charge in [-0.1, -0.05) is 0 Å². The molecular formula is C18H27FN2O4S. The fraction of sp³-hybridized carbons (Fsp3) is 0.611. The van der Waals surface area contributed by atoms with Crippen molar-refractivity contribution in [3.05, 3.63) is 30.1 Å². The molecule has 1 aromatic rings. The maximum atomic E-state index is 13.0. The maximum Gasteiger partial charge on any atom is 0.410 e. The number of ether oxygens (including phenoxy) is 1. The van der Waals surface area contributed by atoms with Crippen molar-refractivity contribution in [2.24, 2.45) is 5.92 Å². The van der Waals surface area contributed by atoms with Crippen LogP contribution in [-0.4, -0.2) is 56.0 Å². The summed E-state index contributed by atoms with van der Waals surface area (Å²) in [6, 6.07) is 4.82. The Morgan fingerprint density at radius 1 is 1.23 bits per heavy atom. The van der Waals surface area contributed by atoms with E-state index in [0.29, 0.717) is 32.5 Å². The van der Waals surface area contributed by atoms with Gasteiger partial charge in [0.15, 0.2) is 0 Å². The number of nitrogens with zero attached hydrogens (tertiary/aromatic N) is 2. The van der Waals surface area contributed by atoms with Crippen LogP contribution in [0, 0.1) is 11.7 Å². The van der Waals surface area contributed by atoms with Crippen molar-refractivity contribution in [2.75, 3.05) is 26.7 Å². The van der Waals surface area contributed by atoms with Crippen molar-refractivity contribution in [1.82, 2.24) is 9.21 Å². The summed E-state index contributed by atoms with van der Waals surface area (Å²) in [5.41, 5.74) is -0.530. The fourth-order valence-corrected chi connectivity index (χ4v) is 4.12. The maximum absolute atomic E-state index is 13.0. The van der Waals surface area contributed by atoms with Crippen molar-refractivity contribution in [3.63, 3.8) is 0 Å². The third kappa shape index (κ3) is 5.41. The predicted octanol–water partition coefficient (Wildman–Crippen LogP) is 3.09. The van der Waals surface area contributed by atoms with Crippen molar-refractivity contribution >= 4 is 16.1 Å². The van der Waals surface area contributed by atoms with E-state index in [1.807, 2.05) is 20.8 Å². The molecule has 1 aliphatic heterocycles. The average Bonchev–Trinajstić information content (AvgIpc) is 2.54. The van der Waals surface area contributed by atoms with E-state index in [0.717, 1.165) is 12.1 Å². The van der Waals surface area contributed by atoms with Crippen LogP contribution < -0.4 is 0 Å². The van der Waals surface area contributed by atoms with Crippen LogP contribution >= 0.6 is 0 Å². The first-order valence-electron chi connectivity index (χ1n) is 8.69. The molecule has 1 amide bonds. The smallest absolute Gasteiger partial charge is 0.410 e. The highest BCUT2D eigenvalue weighted by Crippen LogP contribution is 2.23. The largest absolute Gasteiger partial charge is 0.444 e. The molecule has 0 spiro atoms. The molecule has 1 saturated heterocycles. The zero-order valence-electron chi connectivity index (χ0n) is 15.7. The second-order valence-corrected chi connectivity index (χ2v) is 9.70. The van der Waals surface area contributed by atoms with Gasteiger partial charge < -0.3 is 9.64 Å². The molecule has 0 unspecified atom stereocenters. The number of halogens is 1. The van der Waals surface area contributed by atoms with Crippen LogP contribution in [0.4, 0.5) is 9.18 Å². The fourth-order valence-electron chi connectivity index (χ4n) is 2.87. The Hall–Kier alpha value is -1.67. The highest BCUT2D eigenvalue weighted by atomic mass is 32.2. The Morgan fingerprint density at radius 3 is 2.27 bits per heavy atom. The quantitative estimate of drug-likeness (QED) is 0.798. The van der Waals surface area contributed by atoms with Gasteiger partial charge in [0, 0.05) is 26.7 Å². The van der Waals surface area contributed by atoms with E-state index in [9.17, 15) is 17.6 Å². The number of carbonyl (C=O) groups is 1. The number of benzene rings is 1. The summed E-state index contributed by atoms with van der Waals surface area (Å²) in [5.74, 6) is -0.310. The second-order valence-electron chi connectivity index (χ2n) is 7.65. The summed E-state index contributed by atoms with van der Waals surface area (Å²) in [7, 11) is -2.12. The third-order valence-electron chi connectivity index (χ3n) is 4.30. The lowest BCUT2D eigenvalue weighted by atomic mass is 9.97. The van der Waals surface area contributed by atoms with Gasteiger partial charge >= 0.3 is 6.09 Å². The van der Waals surface area contributed by atoms with Crippen molar-refractivity contribution in [1.29, 1.82) is 0 Å². The van der Waals surface area contributed by atoms with Crippen LogP contribution in [0.15, 0.2) is 29.2 Å². The first-order valence-corrected chi connectivity index (χ1v) is 10.1. The summed E-state index contributed by atoms with van der Waals surface area (Å²) in [6.45, 7) is 6.93. The summed E-state index contributed by atoms with van der Waals surface area (Å²) >= 11 is 0. The molecule has 146 valence electrons. The van der Waals surface area contributed by atoms with E-state index in [2.05, 4.69) is 0 Å². The Bertz CT molecular complexity index is 721. The molecule has 6 nitrogen and oxygen atoms in total. The highest BCUT2D eigenvalue weighted by Gasteiger charge is 2.29. The van der Waals surface area contributed by atoms with Crippen LogP contribution in [0.2, 0.25) is 0 Å². The lowest BCUT2D eigenvalue weighted by Gasteiger charge is -2.34. The van der Waals surface area contributed by atoms with Gasteiger partial charge in [-0.2, -0.15) is 0 Å². The second kappa shape index (κ2) is 7.92. The van der Waals surface area contributed by atoms with Crippen LogP contribution in [-0.2, 0) is 14.8 Å². The Kier molecular flexibility index (Phi) is 6.29. The number of sulfonamides is 1. The number of piperidine rings is 1. The van der Waals surface area contributed by atoms with Gasteiger partial charge in [-0.25, -0.2) is 21.9 Å². The minimum Gasteiger partial charge on any atom is -0.444 e. The molecule has 0 N–H and O–H groups in total. The van der Waals surface area contributed by atoms with Crippen LogP contribution in [0.3, 0.4) is 0 Å². The number of amides is 1. The zero-order chi connectivity index (χ0) is 19.5. The average molecular weight is 386 g/mol. The molecule has 1 aliphatic rings. The van der Waals surface area contributed by atoms with E-state index >= 15 is 0 Å². The molecule has 8 heteroatoms. The molecule has 26 heavy (non-hydrogen) atoms. The van der Waals surface area contributed by atoms with Crippen molar-refractivity contribution in [3.8, 4) is 0 Å². The third-order valence-corrected chi connectivity index (χ3v) is 6.14. The van der Waals surface area contributed by atoms with Crippen molar-refractivity contribution in [2.45, 2.75) is 44.1 Å². The number of hydrogen-bond donors (Lipinski definition) is 0. The molecule has 1 fully saturated rings. The standard InChI is InChI=1S/C18H27FN2O4S/c1-18(2,3)25-17(22)21-11-9-14(10-12-21)13-20(4)26(23,24)16-7-5-15(19)6-8-16/h5-8,14H,9-13H2,1-4H3. The normalized spacial score (nSPS) is 16.8. The van der Waals surface area contributed by atoms with Crippen molar-refractivity contribution < 1.29 is 22.3 Å². The van der Waals surface area contributed by atoms with Gasteiger partial charge in [0.25, 0.3) is 0 Å². The number of hydrogen-bond acceptors (Lipinski definition) is 4. The molecule has 0 bridgehead atoms. The van der Waals surface area contributed by atoms with E-state index in [1.54, 1.807) is 4.90 Å². The van der Waals surface area contributed by atoms with E-state index < -0.39 is 21.4 Å². The van der Waals surface area contributed by atoms with E-state index in [1.165, 1.54) is 23.5 Å². The molecule has 0 radical (unpaired) electrons. The summed E-state index contributed by atoms with van der Waals surface area (Å²) in [5, 5.41) is 0. The van der Waals surface area contributed by atoms with Crippen LogP contribution in [0.1, 0.15) is 33.6 Å². The highest BCUT2D eigenvalue weighted by molar-refractivity contribution is 7.89. The molecular weight excluding hydrogens is 359 g/mol. The van der Waals surface area contributed by atoms with Gasteiger partial charge in [-0.15, -0.1) is 0 Å². The van der Waals surface area contributed by atoms with Gasteiger partial charge in [0.05, 0.1) is 4.90 Å². The monoisotopic (exact) mass is 386 g/mol. The molecule has 0 atom stereocenters. The molecule has 0 saturated carbocycles. The Balaban J connectivity index is 1.90. The number of rotatable bonds is 4. The molecule has 0 aliphatic carbocycles. The van der Waals surface area contributed by atoms with E-state index in [4.69, 9.17) is 4.74 Å². The molecule has 1 aromatic carbocycles. The first-order chi connectivity index (χ1) is 12.0. The Labute approximate surface area is 155 Å². The molecule has 1 heterocycles. The molecule has 2 rings (SSSR count). The minimum absolute atomic E-state index is 0.0765. The predicted molar refractivity (Wildman–Crippen MR) is 96.7 cm³/mol.